The first kappa shape index (κ1) is 21.4. The van der Waals surface area contributed by atoms with Gasteiger partial charge in [-0.05, 0) is 31.2 Å². The van der Waals surface area contributed by atoms with Crippen LogP contribution in [0.25, 0.3) is 5.95 Å². The van der Waals surface area contributed by atoms with Crippen LogP contribution in [0.3, 0.4) is 0 Å². The predicted octanol–water partition coefficient (Wildman–Crippen LogP) is 1.97. The molecule has 0 saturated heterocycles. The summed E-state index contributed by atoms with van der Waals surface area (Å²) in [5, 5.41) is 6.59. The van der Waals surface area contributed by atoms with Gasteiger partial charge in [0.1, 0.15) is 6.33 Å². The van der Waals surface area contributed by atoms with Crippen LogP contribution in [0.5, 0.6) is 0 Å². The van der Waals surface area contributed by atoms with Gasteiger partial charge in [0.05, 0.1) is 16.5 Å². The molecular formula is C17H15F3N6O3S. The molecule has 1 atom stereocenters. The lowest BCUT2D eigenvalue weighted by atomic mass is 10.1. The van der Waals surface area contributed by atoms with Crippen molar-refractivity contribution in [2.45, 2.75) is 24.0 Å². The van der Waals surface area contributed by atoms with E-state index in [2.05, 4.69) is 25.4 Å². The molecule has 0 bridgehead atoms. The van der Waals surface area contributed by atoms with E-state index in [0.29, 0.717) is 12.1 Å². The zero-order chi connectivity index (χ0) is 22.1. The van der Waals surface area contributed by atoms with Crippen LogP contribution in [0.1, 0.15) is 34.7 Å². The Bertz CT molecular complexity index is 1180. The molecule has 0 aliphatic rings. The molecule has 0 aliphatic carbocycles. The summed E-state index contributed by atoms with van der Waals surface area (Å²) in [6.07, 6.45) is 0.259. The molecule has 1 unspecified atom stereocenters. The number of carbonyl (C=O) groups is 1. The van der Waals surface area contributed by atoms with Gasteiger partial charge in [0, 0.05) is 24.2 Å². The maximum atomic E-state index is 13.1. The summed E-state index contributed by atoms with van der Waals surface area (Å²) in [6, 6.07) is 2.78. The molecule has 1 N–H and O–H groups in total. The number of rotatable bonds is 5. The lowest BCUT2D eigenvalue weighted by molar-refractivity contribution is -0.137. The van der Waals surface area contributed by atoms with Crippen LogP contribution in [-0.2, 0) is 16.0 Å². The molecule has 13 heteroatoms. The number of alkyl halides is 3. The summed E-state index contributed by atoms with van der Waals surface area (Å²) in [5.41, 5.74) is -1.70. The Labute approximate surface area is 168 Å². The number of benzene rings is 1. The summed E-state index contributed by atoms with van der Waals surface area (Å²) >= 11 is 0. The van der Waals surface area contributed by atoms with E-state index in [4.69, 9.17) is 0 Å². The number of amides is 1. The highest BCUT2D eigenvalue weighted by molar-refractivity contribution is 7.90. The van der Waals surface area contributed by atoms with Crippen LogP contribution in [0.4, 0.5) is 13.2 Å². The number of carbonyl (C=O) groups excluding carboxylic acids is 1. The highest BCUT2D eigenvalue weighted by Crippen LogP contribution is 2.32. The zero-order valence-corrected chi connectivity index (χ0v) is 16.4. The molecule has 3 rings (SSSR count). The highest BCUT2D eigenvalue weighted by atomic mass is 32.2. The highest BCUT2D eigenvalue weighted by Gasteiger charge is 2.33. The van der Waals surface area contributed by atoms with Crippen molar-refractivity contribution < 1.29 is 26.4 Å². The van der Waals surface area contributed by atoms with E-state index in [1.54, 1.807) is 6.07 Å². The monoisotopic (exact) mass is 440 g/mol. The molecule has 158 valence electrons. The number of sulfone groups is 1. The third-order valence-electron chi connectivity index (χ3n) is 3.93. The van der Waals surface area contributed by atoms with Gasteiger partial charge in [-0.3, -0.25) is 4.79 Å². The zero-order valence-electron chi connectivity index (χ0n) is 15.6. The average Bonchev–Trinajstić information content (AvgIpc) is 3.17. The van der Waals surface area contributed by atoms with Crippen LogP contribution in [0.2, 0.25) is 0 Å². The number of nitrogens with one attached hydrogen (secondary N) is 1. The van der Waals surface area contributed by atoms with Gasteiger partial charge in [-0.2, -0.15) is 17.9 Å². The summed E-state index contributed by atoms with van der Waals surface area (Å²) < 4.78 is 64.1. The van der Waals surface area contributed by atoms with E-state index in [9.17, 15) is 26.4 Å². The minimum Gasteiger partial charge on any atom is -0.342 e. The number of hydrogen-bond donors (Lipinski definition) is 1. The van der Waals surface area contributed by atoms with Crippen LogP contribution in [-0.4, -0.2) is 45.3 Å². The molecule has 1 aromatic carbocycles. The van der Waals surface area contributed by atoms with Crippen LogP contribution >= 0.6 is 0 Å². The predicted molar refractivity (Wildman–Crippen MR) is 97.4 cm³/mol. The van der Waals surface area contributed by atoms with Crippen LogP contribution in [0.15, 0.2) is 47.9 Å². The molecule has 0 fully saturated rings. The number of nitrogens with zero attached hydrogens (tertiary/aromatic N) is 5. The van der Waals surface area contributed by atoms with Crippen molar-refractivity contribution in [2.24, 2.45) is 0 Å². The molecular weight excluding hydrogens is 425 g/mol. The number of aromatic nitrogens is 5. The van der Waals surface area contributed by atoms with Crippen molar-refractivity contribution in [3.63, 3.8) is 0 Å². The molecule has 30 heavy (non-hydrogen) atoms. The Balaban J connectivity index is 1.86. The van der Waals surface area contributed by atoms with E-state index < -0.39 is 44.0 Å². The van der Waals surface area contributed by atoms with Gasteiger partial charge in [0.15, 0.2) is 15.7 Å². The smallest absolute Gasteiger partial charge is 0.342 e. The van der Waals surface area contributed by atoms with Gasteiger partial charge in [0.25, 0.3) is 11.9 Å². The van der Waals surface area contributed by atoms with Crippen LogP contribution in [0, 0.1) is 0 Å². The number of halogens is 3. The molecule has 0 saturated carbocycles. The summed E-state index contributed by atoms with van der Waals surface area (Å²) in [4.78, 5) is 23.9. The molecule has 3 aromatic rings. The fourth-order valence-electron chi connectivity index (χ4n) is 2.43. The minimum atomic E-state index is -4.82. The van der Waals surface area contributed by atoms with Crippen molar-refractivity contribution >= 4 is 15.7 Å². The molecule has 2 aromatic heterocycles. The summed E-state index contributed by atoms with van der Waals surface area (Å²) in [7, 11) is -3.97. The topological polar surface area (TPSA) is 120 Å². The quantitative estimate of drug-likeness (QED) is 0.644. The maximum Gasteiger partial charge on any atom is 0.416 e. The SMILES string of the molecule is CC(NC(=O)c1cc(C(F)(F)F)cc(S(C)(=O)=O)c1)c1ncn(-c2ncccn2)n1. The van der Waals surface area contributed by atoms with Crippen LogP contribution < -0.4 is 5.32 Å². The van der Waals surface area contributed by atoms with E-state index in [-0.39, 0.29) is 11.8 Å². The molecule has 0 spiro atoms. The first-order chi connectivity index (χ1) is 13.9. The normalized spacial score (nSPS) is 13.1. The van der Waals surface area contributed by atoms with Crippen molar-refractivity contribution in [3.05, 3.63) is 59.9 Å². The van der Waals surface area contributed by atoms with E-state index >= 15 is 0 Å². The standard InChI is InChI=1S/C17H15F3N6O3S/c1-10(14-23-9-26(25-14)16-21-4-3-5-22-16)24-15(27)11-6-12(17(18,19)20)8-13(7-11)30(2,28)29/h3-10H,1-2H3,(H,24,27). The largest absolute Gasteiger partial charge is 0.416 e. The van der Waals surface area contributed by atoms with Crippen molar-refractivity contribution in [1.29, 1.82) is 0 Å². The fraction of sp³-hybridized carbons (Fsp3) is 0.235. The van der Waals surface area contributed by atoms with Crippen molar-refractivity contribution in [1.82, 2.24) is 30.0 Å². The summed E-state index contributed by atoms with van der Waals surface area (Å²) in [6.45, 7) is 1.52. The van der Waals surface area contributed by atoms with E-state index in [0.717, 1.165) is 12.3 Å². The third kappa shape index (κ3) is 4.79. The minimum absolute atomic E-state index is 0.158. The van der Waals surface area contributed by atoms with Gasteiger partial charge in [0.2, 0.25) is 0 Å². The second kappa shape index (κ2) is 7.82. The lowest BCUT2D eigenvalue weighted by Crippen LogP contribution is -2.28. The molecule has 0 radical (unpaired) electrons. The van der Waals surface area contributed by atoms with Gasteiger partial charge in [-0.25, -0.2) is 23.4 Å². The first-order valence-electron chi connectivity index (χ1n) is 8.37. The lowest BCUT2D eigenvalue weighted by Gasteiger charge is -2.14. The van der Waals surface area contributed by atoms with E-state index in [1.165, 1.54) is 30.3 Å². The Kier molecular flexibility index (Phi) is 5.57. The second-order valence-corrected chi connectivity index (χ2v) is 8.32. The van der Waals surface area contributed by atoms with Gasteiger partial charge in [-0.1, -0.05) is 0 Å². The van der Waals surface area contributed by atoms with Gasteiger partial charge in [-0.15, -0.1) is 5.10 Å². The Morgan fingerprint density at radius 3 is 2.40 bits per heavy atom. The fourth-order valence-corrected chi connectivity index (χ4v) is 3.11. The Hall–Kier alpha value is -3.35. The molecule has 2 heterocycles. The van der Waals surface area contributed by atoms with Gasteiger partial charge < -0.3 is 5.32 Å². The van der Waals surface area contributed by atoms with Crippen molar-refractivity contribution in [2.75, 3.05) is 6.26 Å². The van der Waals surface area contributed by atoms with E-state index in [1.807, 2.05) is 0 Å². The molecule has 1 amide bonds. The Morgan fingerprint density at radius 2 is 1.80 bits per heavy atom. The first-order valence-corrected chi connectivity index (χ1v) is 10.3. The summed E-state index contributed by atoms with van der Waals surface area (Å²) in [5.74, 6) is -0.512. The molecule has 9 nitrogen and oxygen atoms in total. The maximum absolute atomic E-state index is 13.1. The van der Waals surface area contributed by atoms with Crippen molar-refractivity contribution in [3.8, 4) is 5.95 Å². The second-order valence-electron chi connectivity index (χ2n) is 6.31. The van der Waals surface area contributed by atoms with Gasteiger partial charge >= 0.3 is 6.18 Å². The number of hydrogen-bond acceptors (Lipinski definition) is 7. The average molecular weight is 440 g/mol. The molecule has 0 aliphatic heterocycles. The Morgan fingerprint density at radius 1 is 1.13 bits per heavy atom. The third-order valence-corrected chi connectivity index (χ3v) is 5.02.